The van der Waals surface area contributed by atoms with E-state index in [1.165, 1.54) is 13.2 Å². The van der Waals surface area contributed by atoms with Crippen molar-refractivity contribution in [3.63, 3.8) is 0 Å². The van der Waals surface area contributed by atoms with Crippen molar-refractivity contribution in [2.45, 2.75) is 51.0 Å². The van der Waals surface area contributed by atoms with Crippen LogP contribution in [0.3, 0.4) is 0 Å². The average Bonchev–Trinajstić information content (AvgIpc) is 2.63. The lowest BCUT2D eigenvalue weighted by Gasteiger charge is -2.21. The van der Waals surface area contributed by atoms with E-state index in [0.717, 1.165) is 25.8 Å². The summed E-state index contributed by atoms with van der Waals surface area (Å²) < 4.78 is 4.79. The van der Waals surface area contributed by atoms with Gasteiger partial charge in [-0.1, -0.05) is 19.6 Å². The molecule has 1 unspecified atom stereocenters. The third kappa shape index (κ3) is 4.08. The summed E-state index contributed by atoms with van der Waals surface area (Å²) >= 11 is 0. The van der Waals surface area contributed by atoms with Gasteiger partial charge < -0.3 is 9.64 Å². The number of methoxy groups -OCH3 is 1. The number of hydrogen-bond donors (Lipinski definition) is 0. The molecule has 1 aliphatic heterocycles. The Morgan fingerprint density at radius 2 is 2.19 bits per heavy atom. The number of carbonyl (C=O) groups is 1. The first-order valence-corrected chi connectivity index (χ1v) is 9.81. The summed E-state index contributed by atoms with van der Waals surface area (Å²) in [6, 6.07) is 1.61. The van der Waals surface area contributed by atoms with Crippen LogP contribution in [-0.2, 0) is 4.74 Å². The van der Waals surface area contributed by atoms with Crippen LogP contribution in [0.25, 0.3) is 0 Å². The van der Waals surface area contributed by atoms with Crippen LogP contribution in [0.5, 0.6) is 0 Å². The van der Waals surface area contributed by atoms with Crippen molar-refractivity contribution in [2.75, 3.05) is 13.7 Å². The van der Waals surface area contributed by atoms with E-state index in [1.54, 1.807) is 0 Å². The normalized spacial score (nSPS) is 21.0. The fourth-order valence-electron chi connectivity index (χ4n) is 2.15. The number of carbonyl (C=O) groups excluding carboxylic acids is 1. The van der Waals surface area contributed by atoms with Crippen LogP contribution >= 0.6 is 0 Å². The predicted octanol–water partition coefficient (Wildman–Crippen LogP) is 3.15. The van der Waals surface area contributed by atoms with E-state index in [0.29, 0.717) is 6.04 Å². The molecule has 0 radical (unpaired) electrons. The monoisotopic (exact) mass is 242 g/mol. The molecule has 0 spiro atoms. The summed E-state index contributed by atoms with van der Waals surface area (Å²) in [5.41, 5.74) is 0. The molecule has 1 amide bonds. The van der Waals surface area contributed by atoms with Crippen molar-refractivity contribution in [2.24, 2.45) is 0 Å². The van der Waals surface area contributed by atoms with E-state index < -0.39 is 8.07 Å². The molecule has 1 rings (SSSR count). The Balaban J connectivity index is 2.33. The minimum absolute atomic E-state index is 0.163. The van der Waals surface area contributed by atoms with Crippen LogP contribution in [0, 0.1) is 6.42 Å². The van der Waals surface area contributed by atoms with Crippen LogP contribution < -0.4 is 0 Å². The van der Waals surface area contributed by atoms with Crippen LogP contribution in [0.15, 0.2) is 0 Å². The van der Waals surface area contributed by atoms with E-state index in [2.05, 4.69) is 26.1 Å². The molecule has 92 valence electrons. The van der Waals surface area contributed by atoms with Crippen molar-refractivity contribution in [3.05, 3.63) is 6.42 Å². The maximum Gasteiger partial charge on any atom is 0.409 e. The zero-order valence-electron chi connectivity index (χ0n) is 11.0. The van der Waals surface area contributed by atoms with Crippen molar-refractivity contribution < 1.29 is 9.53 Å². The van der Waals surface area contributed by atoms with Gasteiger partial charge in [-0.3, -0.25) is 0 Å². The summed E-state index contributed by atoms with van der Waals surface area (Å²) in [5, 5.41) is 0. The van der Waals surface area contributed by atoms with Gasteiger partial charge >= 0.3 is 6.09 Å². The van der Waals surface area contributed by atoms with Crippen molar-refractivity contribution >= 4 is 14.2 Å². The lowest BCUT2D eigenvalue weighted by atomic mass is 10.1. The molecule has 0 bridgehead atoms. The van der Waals surface area contributed by atoms with E-state index in [-0.39, 0.29) is 6.09 Å². The summed E-state index contributed by atoms with van der Waals surface area (Å²) in [6.07, 6.45) is 5.47. The Labute approximate surface area is 100 Å². The highest BCUT2D eigenvalue weighted by atomic mass is 28.3. The SMILES string of the molecule is COC(=O)N1CCCC1C[CH+]C[Si](C)(C)C. The number of likely N-dealkylation sites (tertiary alicyclic amines) is 1. The van der Waals surface area contributed by atoms with E-state index in [9.17, 15) is 4.79 Å². The number of amides is 1. The first kappa shape index (κ1) is 13.4. The third-order valence-corrected chi connectivity index (χ3v) is 4.50. The van der Waals surface area contributed by atoms with E-state index in [1.807, 2.05) is 4.90 Å². The van der Waals surface area contributed by atoms with Gasteiger partial charge in [0, 0.05) is 6.54 Å². The summed E-state index contributed by atoms with van der Waals surface area (Å²) in [5.74, 6) is 0. The highest BCUT2D eigenvalue weighted by molar-refractivity contribution is 6.76. The number of nitrogens with zero attached hydrogens (tertiary/aromatic N) is 1. The minimum Gasteiger partial charge on any atom is -0.453 e. The highest BCUT2D eigenvalue weighted by Gasteiger charge is 2.32. The van der Waals surface area contributed by atoms with Gasteiger partial charge in [0.1, 0.15) is 6.42 Å². The predicted molar refractivity (Wildman–Crippen MR) is 69.2 cm³/mol. The molecule has 0 aromatic carbocycles. The maximum absolute atomic E-state index is 11.5. The van der Waals surface area contributed by atoms with Crippen LogP contribution in [0.1, 0.15) is 19.3 Å². The molecule has 0 aromatic heterocycles. The zero-order chi connectivity index (χ0) is 12.2. The smallest absolute Gasteiger partial charge is 0.409 e. The minimum atomic E-state index is -0.977. The number of rotatable bonds is 4. The summed E-state index contributed by atoms with van der Waals surface area (Å²) in [6.45, 7) is 7.97. The highest BCUT2D eigenvalue weighted by Crippen LogP contribution is 2.24. The lowest BCUT2D eigenvalue weighted by Crippen LogP contribution is -2.35. The topological polar surface area (TPSA) is 29.5 Å². The van der Waals surface area contributed by atoms with Crippen LogP contribution in [0.4, 0.5) is 4.79 Å². The second-order valence-corrected chi connectivity index (χ2v) is 11.3. The van der Waals surface area contributed by atoms with Gasteiger partial charge in [0.05, 0.1) is 33.7 Å². The molecule has 3 nitrogen and oxygen atoms in total. The summed E-state index contributed by atoms with van der Waals surface area (Å²) in [7, 11) is 0.485. The Morgan fingerprint density at radius 1 is 1.50 bits per heavy atom. The third-order valence-electron chi connectivity index (χ3n) is 2.98. The van der Waals surface area contributed by atoms with Gasteiger partial charge in [0.15, 0.2) is 0 Å². The first-order valence-electron chi connectivity index (χ1n) is 6.10. The number of hydrogen-bond acceptors (Lipinski definition) is 2. The molecule has 1 saturated heterocycles. The van der Waals surface area contributed by atoms with Gasteiger partial charge in [0.25, 0.3) is 0 Å². The number of ether oxygens (including phenoxy) is 1. The Morgan fingerprint density at radius 3 is 2.75 bits per heavy atom. The Bertz CT molecular complexity index is 238. The maximum atomic E-state index is 11.5. The second kappa shape index (κ2) is 5.62. The standard InChI is InChI=1S/C12H24NO2Si/c1-15-12(14)13-9-5-7-11(13)8-6-10-16(2,3)4/h6,11H,5,7-10H2,1-4H3/q+1. The first-order chi connectivity index (χ1) is 7.44. The molecular weight excluding hydrogens is 218 g/mol. The lowest BCUT2D eigenvalue weighted by molar-refractivity contribution is 0.118. The second-order valence-electron chi connectivity index (χ2n) is 5.75. The molecule has 0 saturated carbocycles. The molecule has 0 aromatic rings. The van der Waals surface area contributed by atoms with Gasteiger partial charge in [0.2, 0.25) is 0 Å². The molecule has 1 atom stereocenters. The Kier molecular flexibility index (Phi) is 4.71. The van der Waals surface area contributed by atoms with E-state index in [4.69, 9.17) is 4.74 Å². The van der Waals surface area contributed by atoms with Crippen molar-refractivity contribution in [3.8, 4) is 0 Å². The molecule has 1 heterocycles. The fourth-order valence-corrected chi connectivity index (χ4v) is 3.18. The largest absolute Gasteiger partial charge is 0.453 e. The molecule has 1 aliphatic rings. The average molecular weight is 242 g/mol. The molecule has 4 heteroatoms. The Hall–Kier alpha value is -0.643. The van der Waals surface area contributed by atoms with Gasteiger partial charge in [-0.15, -0.1) is 0 Å². The van der Waals surface area contributed by atoms with E-state index >= 15 is 0 Å². The van der Waals surface area contributed by atoms with Crippen LogP contribution in [-0.4, -0.2) is 38.8 Å². The van der Waals surface area contributed by atoms with Gasteiger partial charge in [-0.05, 0) is 12.8 Å². The van der Waals surface area contributed by atoms with Crippen molar-refractivity contribution in [1.82, 2.24) is 4.90 Å². The zero-order valence-corrected chi connectivity index (χ0v) is 12.0. The molecule has 0 aliphatic carbocycles. The molecular formula is C12H24NO2Si+. The van der Waals surface area contributed by atoms with Crippen molar-refractivity contribution in [1.29, 1.82) is 0 Å². The molecule has 16 heavy (non-hydrogen) atoms. The fraction of sp³-hybridized carbons (Fsp3) is 0.833. The van der Waals surface area contributed by atoms with Crippen LogP contribution in [0.2, 0.25) is 25.7 Å². The quantitative estimate of drug-likeness (QED) is 0.560. The molecule has 1 fully saturated rings. The van der Waals surface area contributed by atoms with Gasteiger partial charge in [-0.2, -0.15) is 0 Å². The van der Waals surface area contributed by atoms with Gasteiger partial charge in [-0.25, -0.2) is 4.79 Å². The summed E-state index contributed by atoms with van der Waals surface area (Å²) in [4.78, 5) is 13.4. The molecule has 0 N–H and O–H groups in total.